The lowest BCUT2D eigenvalue weighted by Gasteiger charge is -2.22. The molecule has 0 saturated heterocycles. The number of nitrogens with two attached hydrogens (primary N) is 2. The molecule has 0 unspecified atom stereocenters. The van der Waals surface area contributed by atoms with Crippen LogP contribution < -0.4 is 16.2 Å². The molecule has 0 spiro atoms. The van der Waals surface area contributed by atoms with Crippen LogP contribution in [0.1, 0.15) is 23.6 Å². The zero-order valence-corrected chi connectivity index (χ0v) is 19.9. The van der Waals surface area contributed by atoms with Gasteiger partial charge in [0.05, 0.1) is 24.6 Å². The van der Waals surface area contributed by atoms with Crippen LogP contribution >= 0.6 is 11.8 Å². The monoisotopic (exact) mass is 484 g/mol. The van der Waals surface area contributed by atoms with E-state index in [1.165, 1.54) is 17.8 Å². The van der Waals surface area contributed by atoms with Gasteiger partial charge < -0.3 is 16.2 Å². The number of amides is 1. The molecule has 0 radical (unpaired) electrons. The number of ether oxygens (including phenoxy) is 1. The standard InChI is InChI=1S/C26H24N6O2S/c1-34-20-10-8-17(9-11-20)22-13-21(19-7-6-16-4-2-3-5-18(16)12-19)31-32(22)25(33)15-35-26-29-23(27)14-24(28)30-26/h2-12,14,22H,13,15H2,1H3,(H4,27,28,29,30)/t22-/m1/s1. The zero-order valence-electron chi connectivity index (χ0n) is 19.1. The van der Waals surface area contributed by atoms with Crippen LogP contribution in [0.25, 0.3) is 10.8 Å². The Bertz CT molecular complexity index is 1400. The Labute approximate surface area is 207 Å². The van der Waals surface area contributed by atoms with Crippen molar-refractivity contribution in [3.8, 4) is 5.75 Å². The molecule has 35 heavy (non-hydrogen) atoms. The van der Waals surface area contributed by atoms with Crippen molar-refractivity contribution in [2.75, 3.05) is 24.3 Å². The fourth-order valence-electron chi connectivity index (χ4n) is 4.09. The van der Waals surface area contributed by atoms with E-state index in [4.69, 9.17) is 21.3 Å². The zero-order chi connectivity index (χ0) is 24.4. The minimum atomic E-state index is -0.234. The topological polar surface area (TPSA) is 120 Å². The van der Waals surface area contributed by atoms with Crippen molar-refractivity contribution in [1.29, 1.82) is 0 Å². The maximum Gasteiger partial charge on any atom is 0.253 e. The molecule has 1 amide bonds. The van der Waals surface area contributed by atoms with E-state index in [9.17, 15) is 4.79 Å². The highest BCUT2D eigenvalue weighted by Crippen LogP contribution is 2.35. The molecule has 9 heteroatoms. The van der Waals surface area contributed by atoms with Crippen molar-refractivity contribution in [3.05, 3.63) is 83.9 Å². The number of hydrazone groups is 1. The molecule has 1 aromatic heterocycles. The number of hydrogen-bond acceptors (Lipinski definition) is 8. The molecule has 5 rings (SSSR count). The van der Waals surface area contributed by atoms with Crippen LogP contribution in [-0.4, -0.2) is 39.5 Å². The summed E-state index contributed by atoms with van der Waals surface area (Å²) in [7, 11) is 1.63. The third-order valence-corrected chi connectivity index (χ3v) is 6.65. The van der Waals surface area contributed by atoms with Crippen molar-refractivity contribution >= 4 is 45.8 Å². The number of carbonyl (C=O) groups excluding carboxylic acids is 1. The molecular formula is C26H24N6O2S. The maximum atomic E-state index is 13.3. The van der Waals surface area contributed by atoms with Crippen LogP contribution in [0.3, 0.4) is 0 Å². The predicted molar refractivity (Wildman–Crippen MR) is 139 cm³/mol. The van der Waals surface area contributed by atoms with Crippen molar-refractivity contribution in [2.24, 2.45) is 5.10 Å². The lowest BCUT2D eigenvalue weighted by Crippen LogP contribution is -2.28. The number of benzene rings is 3. The van der Waals surface area contributed by atoms with Crippen molar-refractivity contribution < 1.29 is 9.53 Å². The smallest absolute Gasteiger partial charge is 0.253 e. The molecule has 4 aromatic rings. The fraction of sp³-hybridized carbons (Fsp3) is 0.154. The highest BCUT2D eigenvalue weighted by atomic mass is 32.2. The summed E-state index contributed by atoms with van der Waals surface area (Å²) in [5.74, 6) is 1.23. The molecule has 1 atom stereocenters. The SMILES string of the molecule is COc1ccc([C@H]2CC(c3ccc4ccccc4c3)=NN2C(=O)CSc2nc(N)cc(N)n2)cc1. The highest BCUT2D eigenvalue weighted by Gasteiger charge is 2.33. The van der Waals surface area contributed by atoms with Gasteiger partial charge in [0.1, 0.15) is 17.4 Å². The van der Waals surface area contributed by atoms with Crippen LogP contribution in [0, 0.1) is 0 Å². The molecule has 3 aromatic carbocycles. The molecule has 1 aliphatic heterocycles. The first-order valence-corrected chi connectivity index (χ1v) is 12.0. The van der Waals surface area contributed by atoms with Crippen LogP contribution in [-0.2, 0) is 4.79 Å². The van der Waals surface area contributed by atoms with Gasteiger partial charge >= 0.3 is 0 Å². The Balaban J connectivity index is 1.44. The summed E-state index contributed by atoms with van der Waals surface area (Å²) in [6.07, 6.45) is 0.600. The van der Waals surface area contributed by atoms with E-state index in [1.807, 2.05) is 36.4 Å². The first-order valence-electron chi connectivity index (χ1n) is 11.1. The number of hydrogen-bond donors (Lipinski definition) is 2. The van der Waals surface area contributed by atoms with Gasteiger partial charge in [0.15, 0.2) is 5.16 Å². The summed E-state index contributed by atoms with van der Waals surface area (Å²) in [5.41, 5.74) is 14.4. The molecule has 4 N–H and O–H groups in total. The lowest BCUT2D eigenvalue weighted by molar-refractivity contribution is -0.130. The normalized spacial score (nSPS) is 15.3. The maximum absolute atomic E-state index is 13.3. The third kappa shape index (κ3) is 4.90. The van der Waals surface area contributed by atoms with Crippen LogP contribution in [0.2, 0.25) is 0 Å². The molecule has 0 saturated carbocycles. The van der Waals surface area contributed by atoms with Gasteiger partial charge in [0, 0.05) is 12.5 Å². The average molecular weight is 485 g/mol. The van der Waals surface area contributed by atoms with Gasteiger partial charge in [0.25, 0.3) is 5.91 Å². The van der Waals surface area contributed by atoms with E-state index in [-0.39, 0.29) is 29.3 Å². The number of thioether (sulfide) groups is 1. The van der Waals surface area contributed by atoms with E-state index < -0.39 is 0 Å². The quantitative estimate of drug-likeness (QED) is 0.310. The van der Waals surface area contributed by atoms with E-state index in [2.05, 4.69) is 40.3 Å². The molecule has 0 fully saturated rings. The van der Waals surface area contributed by atoms with Crippen molar-refractivity contribution in [2.45, 2.75) is 17.6 Å². The average Bonchev–Trinajstić information content (AvgIpc) is 3.32. The van der Waals surface area contributed by atoms with Crippen LogP contribution in [0.5, 0.6) is 5.75 Å². The second kappa shape index (κ2) is 9.63. The first kappa shape index (κ1) is 22.7. The van der Waals surface area contributed by atoms with Gasteiger partial charge in [0.2, 0.25) is 0 Å². The number of anilines is 2. The van der Waals surface area contributed by atoms with Crippen molar-refractivity contribution in [1.82, 2.24) is 15.0 Å². The summed E-state index contributed by atoms with van der Waals surface area (Å²) in [5, 5.41) is 8.99. The molecule has 1 aliphatic rings. The van der Waals surface area contributed by atoms with E-state index in [1.54, 1.807) is 12.1 Å². The minimum Gasteiger partial charge on any atom is -0.497 e. The number of rotatable bonds is 6. The molecular weight excluding hydrogens is 460 g/mol. The second-order valence-electron chi connectivity index (χ2n) is 8.13. The summed E-state index contributed by atoms with van der Waals surface area (Å²) < 4.78 is 5.30. The van der Waals surface area contributed by atoms with E-state index in [0.29, 0.717) is 11.6 Å². The van der Waals surface area contributed by atoms with Gasteiger partial charge in [-0.1, -0.05) is 60.3 Å². The van der Waals surface area contributed by atoms with Gasteiger partial charge in [-0.05, 0) is 40.1 Å². The number of carbonyl (C=O) groups is 1. The Kier molecular flexibility index (Phi) is 6.24. The lowest BCUT2D eigenvalue weighted by atomic mass is 9.97. The molecule has 0 bridgehead atoms. The molecule has 8 nitrogen and oxygen atoms in total. The van der Waals surface area contributed by atoms with Gasteiger partial charge in [-0.3, -0.25) is 4.79 Å². The summed E-state index contributed by atoms with van der Waals surface area (Å²) >= 11 is 1.18. The Morgan fingerprint density at radius 2 is 1.71 bits per heavy atom. The Morgan fingerprint density at radius 3 is 2.43 bits per heavy atom. The molecule has 176 valence electrons. The summed E-state index contributed by atoms with van der Waals surface area (Å²) in [6, 6.07) is 23.4. The number of nitrogen functional groups attached to an aromatic ring is 2. The van der Waals surface area contributed by atoms with Crippen molar-refractivity contribution in [3.63, 3.8) is 0 Å². The molecule has 2 heterocycles. The second-order valence-corrected chi connectivity index (χ2v) is 9.07. The van der Waals surface area contributed by atoms with Gasteiger partial charge in [-0.25, -0.2) is 15.0 Å². The predicted octanol–water partition coefficient (Wildman–Crippen LogP) is 4.27. The minimum absolute atomic E-state index is 0.101. The summed E-state index contributed by atoms with van der Waals surface area (Å²) in [6.45, 7) is 0. The number of fused-ring (bicyclic) bond motifs is 1. The fourth-order valence-corrected chi connectivity index (χ4v) is 4.81. The molecule has 0 aliphatic carbocycles. The van der Waals surface area contributed by atoms with E-state index >= 15 is 0 Å². The Hall–Kier alpha value is -4.11. The summed E-state index contributed by atoms with van der Waals surface area (Å²) in [4.78, 5) is 21.6. The number of methoxy groups -OCH3 is 1. The number of aromatic nitrogens is 2. The van der Waals surface area contributed by atoms with Crippen LogP contribution in [0.15, 0.2) is 83.1 Å². The van der Waals surface area contributed by atoms with Crippen LogP contribution in [0.4, 0.5) is 11.6 Å². The third-order valence-electron chi connectivity index (χ3n) is 5.82. The number of nitrogens with zero attached hydrogens (tertiary/aromatic N) is 4. The van der Waals surface area contributed by atoms with Gasteiger partial charge in [-0.2, -0.15) is 5.10 Å². The van der Waals surface area contributed by atoms with E-state index in [0.717, 1.165) is 33.4 Å². The highest BCUT2D eigenvalue weighted by molar-refractivity contribution is 7.99. The Morgan fingerprint density at radius 1 is 1.00 bits per heavy atom. The van der Waals surface area contributed by atoms with Gasteiger partial charge in [-0.15, -0.1) is 0 Å². The first-order chi connectivity index (χ1) is 17.0. The largest absolute Gasteiger partial charge is 0.497 e.